The average molecular weight is 395 g/mol. The Bertz CT molecular complexity index is 230. The van der Waals surface area contributed by atoms with Crippen molar-refractivity contribution >= 4 is 31.8 Å². The van der Waals surface area contributed by atoms with E-state index in [1.54, 1.807) is 20.8 Å². The van der Waals surface area contributed by atoms with Gasteiger partial charge in [0.25, 0.3) is 5.97 Å². The molecule has 1 amide bonds. The van der Waals surface area contributed by atoms with Crippen molar-refractivity contribution < 1.29 is 33.9 Å². The van der Waals surface area contributed by atoms with E-state index in [2.05, 4.69) is 36.7 Å². The van der Waals surface area contributed by atoms with Gasteiger partial charge >= 0.3 is 40.6 Å². The fraction of sp³-hybridized carbons (Fsp3) is 0.667. The van der Waals surface area contributed by atoms with Gasteiger partial charge in [-0.15, -0.1) is 0 Å². The summed E-state index contributed by atoms with van der Waals surface area (Å²) in [6.07, 6.45) is -0.692. The summed E-state index contributed by atoms with van der Waals surface area (Å²) in [6, 6.07) is -0.949. The van der Waals surface area contributed by atoms with E-state index < -0.39 is 23.7 Å². The number of carbonyl (C=O) groups is 2. The van der Waals surface area contributed by atoms with Crippen LogP contribution in [0.25, 0.3) is 0 Å². The van der Waals surface area contributed by atoms with Crippen molar-refractivity contribution in [3.05, 3.63) is 6.92 Å². The Morgan fingerprint density at radius 1 is 1.38 bits per heavy atom. The van der Waals surface area contributed by atoms with Crippen LogP contribution in [0.1, 0.15) is 20.8 Å². The van der Waals surface area contributed by atoms with Crippen LogP contribution in [0.4, 0.5) is 4.79 Å². The summed E-state index contributed by atoms with van der Waals surface area (Å²) in [6.45, 7) is 8.57. The molecule has 0 saturated heterocycles. The molecule has 0 radical (unpaired) electrons. The summed E-state index contributed by atoms with van der Waals surface area (Å²) in [7, 11) is 1.22. The standard InChI is InChI=1S/C9H16NO4.HI.Zn/c1-6(7(11)13-5)10-8(12)14-9(2,3)4;;/h6H,1H2,2-5H3,(H,10,12);1H;/q-1;;+2/p-1/t6-;;/m1../s1. The van der Waals surface area contributed by atoms with Crippen LogP contribution in [-0.4, -0.2) is 30.8 Å². The molecule has 0 spiro atoms. The maximum atomic E-state index is 11.1. The number of methoxy groups -OCH3 is 1. The molecule has 0 aromatic carbocycles. The molecule has 16 heavy (non-hydrogen) atoms. The van der Waals surface area contributed by atoms with E-state index in [-0.39, 0.29) is 0 Å². The summed E-state index contributed by atoms with van der Waals surface area (Å²) in [5, 5.41) is 2.24. The molecule has 1 atom stereocenters. The molecular formula is C9H16INO4Zn. The number of rotatable bonds is 2. The van der Waals surface area contributed by atoms with Gasteiger partial charge in [0, 0.05) is 6.04 Å². The summed E-state index contributed by atoms with van der Waals surface area (Å²) in [5.41, 5.74) is -0.597. The molecule has 1 N–H and O–H groups in total. The SMILES string of the molecule is [CH2-][C@@H](NC(=O)OC(C)(C)C)C(=O)OC.[Zn+][I]. The molecule has 0 unspecified atom stereocenters. The summed E-state index contributed by atoms with van der Waals surface area (Å²) in [5.74, 6) is -0.615. The Kier molecular flexibility index (Phi) is 10.6. The molecule has 0 aromatic rings. The molecule has 0 bridgehead atoms. The Morgan fingerprint density at radius 3 is 2.12 bits per heavy atom. The summed E-state index contributed by atoms with van der Waals surface area (Å²) >= 11 is 3.62. The normalized spacial score (nSPS) is 11.8. The topological polar surface area (TPSA) is 64.6 Å². The predicted octanol–water partition coefficient (Wildman–Crippen LogP) is 1.77. The Hall–Kier alpha value is 0.0934. The number of hydrogen-bond donors (Lipinski definition) is 1. The van der Waals surface area contributed by atoms with E-state index in [9.17, 15) is 9.59 Å². The zero-order valence-electron chi connectivity index (χ0n) is 10.0. The maximum absolute atomic E-state index is 11.1. The van der Waals surface area contributed by atoms with Crippen LogP contribution < -0.4 is 5.32 Å². The number of esters is 1. The van der Waals surface area contributed by atoms with Gasteiger partial charge in [-0.1, -0.05) is 0 Å². The molecule has 5 nitrogen and oxygen atoms in total. The Balaban J connectivity index is 0. The first kappa shape index (κ1) is 18.5. The Morgan fingerprint density at radius 2 is 1.81 bits per heavy atom. The van der Waals surface area contributed by atoms with E-state index in [0.29, 0.717) is 0 Å². The van der Waals surface area contributed by atoms with Crippen molar-refractivity contribution in [3.8, 4) is 0 Å². The van der Waals surface area contributed by atoms with E-state index in [4.69, 9.17) is 4.74 Å². The van der Waals surface area contributed by atoms with E-state index >= 15 is 0 Å². The molecule has 0 heterocycles. The van der Waals surface area contributed by atoms with E-state index in [0.717, 1.165) is 0 Å². The van der Waals surface area contributed by atoms with Crippen molar-refractivity contribution in [2.45, 2.75) is 32.4 Å². The third kappa shape index (κ3) is 10.6. The molecule has 0 fully saturated rings. The number of ether oxygens (including phenoxy) is 2. The van der Waals surface area contributed by atoms with Gasteiger partial charge in [-0.05, 0) is 20.8 Å². The van der Waals surface area contributed by atoms with Crippen molar-refractivity contribution in [1.82, 2.24) is 5.32 Å². The molecule has 0 aliphatic rings. The minimum absolute atomic E-state index is 0.597. The van der Waals surface area contributed by atoms with Gasteiger partial charge in [-0.2, -0.15) is 0 Å². The van der Waals surface area contributed by atoms with Crippen LogP contribution in [0.3, 0.4) is 0 Å². The number of hydrogen-bond acceptors (Lipinski definition) is 4. The van der Waals surface area contributed by atoms with Gasteiger partial charge in [-0.25, -0.2) is 4.79 Å². The molecule has 7 heteroatoms. The average Bonchev–Trinajstić information content (AvgIpc) is 2.16. The summed E-state index contributed by atoms with van der Waals surface area (Å²) in [4.78, 5) is 22.0. The number of halogens is 1. The van der Waals surface area contributed by atoms with Gasteiger partial charge in [0.15, 0.2) is 0 Å². The molecule has 0 saturated carbocycles. The fourth-order valence-corrected chi connectivity index (χ4v) is 0.651. The monoisotopic (exact) mass is 393 g/mol. The molecule has 90 valence electrons. The summed E-state index contributed by atoms with van der Waals surface area (Å²) < 4.78 is 9.28. The van der Waals surface area contributed by atoms with Gasteiger partial charge < -0.3 is 21.7 Å². The number of alkyl carbamates (subject to hydrolysis) is 1. The zero-order chi connectivity index (χ0) is 13.4. The van der Waals surface area contributed by atoms with Crippen LogP contribution in [0, 0.1) is 6.92 Å². The first-order valence-corrected chi connectivity index (χ1v) is 13.5. The first-order chi connectivity index (χ1) is 7.26. The first-order valence-electron chi connectivity index (χ1n) is 4.43. The minimum atomic E-state index is -0.949. The molecule has 0 aliphatic carbocycles. The van der Waals surface area contributed by atoms with Crippen molar-refractivity contribution in [1.29, 1.82) is 0 Å². The zero-order valence-corrected chi connectivity index (χ0v) is 15.1. The number of nitrogens with one attached hydrogen (secondary N) is 1. The Labute approximate surface area is 117 Å². The third-order valence-electron chi connectivity index (χ3n) is 1.18. The van der Waals surface area contributed by atoms with Crippen molar-refractivity contribution in [2.24, 2.45) is 0 Å². The predicted molar refractivity (Wildman–Crippen MR) is 64.6 cm³/mol. The number of amides is 1. The van der Waals surface area contributed by atoms with Crippen LogP contribution in [-0.2, 0) is 29.1 Å². The van der Waals surface area contributed by atoms with Gasteiger partial charge in [0.1, 0.15) is 5.60 Å². The van der Waals surface area contributed by atoms with Crippen molar-refractivity contribution in [2.75, 3.05) is 7.11 Å². The van der Waals surface area contributed by atoms with E-state index in [1.807, 2.05) is 0 Å². The fourth-order valence-electron chi connectivity index (χ4n) is 0.651. The van der Waals surface area contributed by atoms with Crippen LogP contribution in [0.2, 0.25) is 0 Å². The van der Waals surface area contributed by atoms with Gasteiger partial charge in [-0.3, -0.25) is 4.79 Å². The quantitative estimate of drug-likeness (QED) is 0.336. The molecule has 0 aliphatic heterocycles. The second-order valence-electron chi connectivity index (χ2n) is 3.72. The van der Waals surface area contributed by atoms with Crippen LogP contribution in [0.5, 0.6) is 0 Å². The van der Waals surface area contributed by atoms with Crippen LogP contribution in [0.15, 0.2) is 0 Å². The second kappa shape index (κ2) is 9.16. The third-order valence-corrected chi connectivity index (χ3v) is 1.18. The van der Waals surface area contributed by atoms with Gasteiger partial charge in [0.05, 0.1) is 7.11 Å². The van der Waals surface area contributed by atoms with Crippen LogP contribution >= 0.6 is 19.8 Å². The van der Waals surface area contributed by atoms with E-state index in [1.165, 1.54) is 21.9 Å². The molecule has 0 rings (SSSR count). The molecule has 0 aromatic heterocycles. The van der Waals surface area contributed by atoms with Crippen molar-refractivity contribution in [3.63, 3.8) is 0 Å². The second-order valence-corrected chi connectivity index (χ2v) is 3.72. The van der Waals surface area contributed by atoms with Gasteiger partial charge in [0.2, 0.25) is 0 Å². The molecular weight excluding hydrogens is 378 g/mol. The number of carbonyl (C=O) groups excluding carboxylic acids is 2.